The molecule has 0 aromatic rings. The second-order valence-corrected chi connectivity index (χ2v) is 7.10. The van der Waals surface area contributed by atoms with Crippen LogP contribution in [0.15, 0.2) is 0 Å². The molecular weight excluding hydrogens is 220 g/mol. The van der Waals surface area contributed by atoms with Gasteiger partial charge in [0.2, 0.25) is 0 Å². The molecule has 2 heteroatoms. The zero-order chi connectivity index (χ0) is 13.4. The number of nitrogens with zero attached hydrogens (tertiary/aromatic N) is 2. The molecular formula is C16H32N2. The molecule has 18 heavy (non-hydrogen) atoms. The maximum atomic E-state index is 2.80. The number of likely N-dealkylation sites (tertiary alicyclic amines) is 2. The Bertz CT molecular complexity index is 279. The van der Waals surface area contributed by atoms with Crippen LogP contribution >= 0.6 is 0 Å². The molecule has 1 unspecified atom stereocenters. The van der Waals surface area contributed by atoms with Crippen molar-refractivity contribution in [1.29, 1.82) is 0 Å². The van der Waals surface area contributed by atoms with Gasteiger partial charge in [-0.15, -0.1) is 0 Å². The summed E-state index contributed by atoms with van der Waals surface area (Å²) in [6, 6.07) is 0.928. The van der Waals surface area contributed by atoms with Crippen LogP contribution in [0.1, 0.15) is 53.9 Å². The highest BCUT2D eigenvalue weighted by atomic mass is 15.3. The monoisotopic (exact) mass is 252 g/mol. The summed E-state index contributed by atoms with van der Waals surface area (Å²) in [7, 11) is 0. The van der Waals surface area contributed by atoms with Crippen LogP contribution in [0.2, 0.25) is 0 Å². The Morgan fingerprint density at radius 1 is 1.06 bits per heavy atom. The summed E-state index contributed by atoms with van der Waals surface area (Å²) >= 11 is 0. The average molecular weight is 252 g/mol. The summed E-state index contributed by atoms with van der Waals surface area (Å²) in [4.78, 5) is 5.41. The molecule has 0 bridgehead atoms. The quantitative estimate of drug-likeness (QED) is 0.744. The average Bonchev–Trinajstić information content (AvgIpc) is 2.59. The van der Waals surface area contributed by atoms with Crippen molar-refractivity contribution in [3.05, 3.63) is 0 Å². The molecule has 0 amide bonds. The van der Waals surface area contributed by atoms with Gasteiger partial charge in [-0.2, -0.15) is 0 Å². The number of rotatable bonds is 2. The van der Waals surface area contributed by atoms with E-state index < -0.39 is 0 Å². The fourth-order valence-electron chi connectivity index (χ4n) is 4.11. The highest BCUT2D eigenvalue weighted by Crippen LogP contribution is 2.52. The van der Waals surface area contributed by atoms with Crippen molar-refractivity contribution < 1.29 is 0 Å². The molecule has 0 aromatic heterocycles. The summed E-state index contributed by atoms with van der Waals surface area (Å²) in [6.45, 7) is 17.8. The van der Waals surface area contributed by atoms with E-state index >= 15 is 0 Å². The third-order valence-corrected chi connectivity index (χ3v) is 5.29. The SMILES string of the molecule is CC.CCN1CC2(CCC2N2CCC(C)(C)C2)C1. The molecule has 1 saturated carbocycles. The van der Waals surface area contributed by atoms with Crippen LogP contribution in [0.5, 0.6) is 0 Å². The Hall–Kier alpha value is -0.0800. The normalized spacial score (nSPS) is 33.5. The Morgan fingerprint density at radius 2 is 1.72 bits per heavy atom. The highest BCUT2D eigenvalue weighted by Gasteiger charge is 2.56. The van der Waals surface area contributed by atoms with Crippen molar-refractivity contribution in [3.63, 3.8) is 0 Å². The predicted octanol–water partition coefficient (Wildman–Crippen LogP) is 3.23. The topological polar surface area (TPSA) is 6.48 Å². The molecule has 1 spiro atoms. The predicted molar refractivity (Wildman–Crippen MR) is 78.9 cm³/mol. The van der Waals surface area contributed by atoms with Gasteiger partial charge in [-0.1, -0.05) is 34.6 Å². The van der Waals surface area contributed by atoms with Gasteiger partial charge in [-0.3, -0.25) is 4.90 Å². The Morgan fingerprint density at radius 3 is 2.11 bits per heavy atom. The van der Waals surface area contributed by atoms with Crippen LogP contribution in [0.25, 0.3) is 0 Å². The Kier molecular flexibility index (Phi) is 4.08. The van der Waals surface area contributed by atoms with E-state index in [1.165, 1.54) is 52.0 Å². The van der Waals surface area contributed by atoms with E-state index in [-0.39, 0.29) is 0 Å². The molecule has 0 radical (unpaired) electrons. The molecule has 2 saturated heterocycles. The molecule has 3 rings (SSSR count). The molecule has 1 aliphatic carbocycles. The summed E-state index contributed by atoms with van der Waals surface area (Å²) < 4.78 is 0. The lowest BCUT2D eigenvalue weighted by Crippen LogP contribution is -2.70. The minimum Gasteiger partial charge on any atom is -0.302 e. The molecule has 3 fully saturated rings. The molecule has 2 nitrogen and oxygen atoms in total. The number of hydrogen-bond acceptors (Lipinski definition) is 2. The molecule has 106 valence electrons. The lowest BCUT2D eigenvalue weighted by Gasteiger charge is -2.63. The summed E-state index contributed by atoms with van der Waals surface area (Å²) in [5.74, 6) is 0. The minimum atomic E-state index is 0.574. The second kappa shape index (κ2) is 5.13. The molecule has 0 aromatic carbocycles. The second-order valence-electron chi connectivity index (χ2n) is 7.10. The van der Waals surface area contributed by atoms with Crippen molar-refractivity contribution in [2.45, 2.75) is 59.9 Å². The smallest absolute Gasteiger partial charge is 0.0177 e. The van der Waals surface area contributed by atoms with Crippen LogP contribution in [0.3, 0.4) is 0 Å². The van der Waals surface area contributed by atoms with E-state index in [0.717, 1.165) is 11.5 Å². The van der Waals surface area contributed by atoms with E-state index in [1.54, 1.807) is 0 Å². The highest BCUT2D eigenvalue weighted by molar-refractivity contribution is 5.11. The van der Waals surface area contributed by atoms with Gasteiger partial charge in [-0.25, -0.2) is 0 Å². The van der Waals surface area contributed by atoms with Gasteiger partial charge in [-0.05, 0) is 37.8 Å². The maximum absolute atomic E-state index is 2.80. The molecule has 2 aliphatic heterocycles. The standard InChI is InChI=1S/C14H26N2.C2H6/c1-4-15-10-14(11-15)6-5-12(14)16-8-7-13(2,3)9-16;1-2/h12H,4-11H2,1-3H3;1-2H3. The van der Waals surface area contributed by atoms with Gasteiger partial charge in [0.25, 0.3) is 0 Å². The maximum Gasteiger partial charge on any atom is 0.0177 e. The third kappa shape index (κ3) is 2.34. The van der Waals surface area contributed by atoms with Crippen LogP contribution in [0.4, 0.5) is 0 Å². The van der Waals surface area contributed by atoms with Crippen molar-refractivity contribution in [2.75, 3.05) is 32.7 Å². The van der Waals surface area contributed by atoms with E-state index in [1.807, 2.05) is 13.8 Å². The first-order valence-electron chi connectivity index (χ1n) is 8.01. The van der Waals surface area contributed by atoms with Crippen molar-refractivity contribution in [1.82, 2.24) is 9.80 Å². The summed E-state index contributed by atoms with van der Waals surface area (Å²) in [5, 5.41) is 0. The fraction of sp³-hybridized carbons (Fsp3) is 1.00. The Balaban J connectivity index is 0.000000574. The molecule has 0 N–H and O–H groups in total. The van der Waals surface area contributed by atoms with Crippen molar-refractivity contribution in [2.24, 2.45) is 10.8 Å². The third-order valence-electron chi connectivity index (χ3n) is 5.29. The Labute approximate surface area is 114 Å². The zero-order valence-electron chi connectivity index (χ0n) is 13.1. The minimum absolute atomic E-state index is 0.574. The first kappa shape index (κ1) is 14.3. The molecule has 2 heterocycles. The lowest BCUT2D eigenvalue weighted by molar-refractivity contribution is -0.126. The van der Waals surface area contributed by atoms with Crippen LogP contribution in [0, 0.1) is 10.8 Å². The zero-order valence-corrected chi connectivity index (χ0v) is 13.1. The van der Waals surface area contributed by atoms with Gasteiger partial charge in [0.15, 0.2) is 0 Å². The number of hydrogen-bond donors (Lipinski definition) is 0. The van der Waals surface area contributed by atoms with E-state index in [9.17, 15) is 0 Å². The van der Waals surface area contributed by atoms with Crippen LogP contribution in [-0.2, 0) is 0 Å². The summed E-state index contributed by atoms with van der Waals surface area (Å²) in [5.41, 5.74) is 1.29. The van der Waals surface area contributed by atoms with Gasteiger partial charge in [0.05, 0.1) is 0 Å². The lowest BCUT2D eigenvalue weighted by atomic mass is 9.59. The first-order valence-corrected chi connectivity index (χ1v) is 8.01. The molecule has 3 aliphatic rings. The van der Waals surface area contributed by atoms with E-state index in [2.05, 4.69) is 30.6 Å². The van der Waals surface area contributed by atoms with Gasteiger partial charge < -0.3 is 4.90 Å². The summed E-state index contributed by atoms with van der Waals surface area (Å²) in [6.07, 6.45) is 4.36. The fourth-order valence-corrected chi connectivity index (χ4v) is 4.11. The van der Waals surface area contributed by atoms with Gasteiger partial charge in [0.1, 0.15) is 0 Å². The largest absolute Gasteiger partial charge is 0.302 e. The van der Waals surface area contributed by atoms with E-state index in [4.69, 9.17) is 0 Å². The van der Waals surface area contributed by atoms with Crippen molar-refractivity contribution in [3.8, 4) is 0 Å². The van der Waals surface area contributed by atoms with E-state index in [0.29, 0.717) is 5.41 Å². The van der Waals surface area contributed by atoms with Crippen LogP contribution < -0.4 is 0 Å². The van der Waals surface area contributed by atoms with Crippen LogP contribution in [-0.4, -0.2) is 48.6 Å². The molecule has 1 atom stereocenters. The first-order chi connectivity index (χ1) is 8.55. The van der Waals surface area contributed by atoms with Gasteiger partial charge in [0, 0.05) is 31.1 Å². The van der Waals surface area contributed by atoms with Gasteiger partial charge >= 0.3 is 0 Å². The van der Waals surface area contributed by atoms with Crippen molar-refractivity contribution >= 4 is 0 Å².